The number of nitriles is 1. The van der Waals surface area contributed by atoms with Gasteiger partial charge in [0.2, 0.25) is 0 Å². The molecule has 0 saturated carbocycles. The standard InChI is InChI=1S/C22H19N3O2/c1-14-4-9-20-18(12-14)19-13-17(22(26)25(3)21(19)24(20)2)15-5-7-16(8-6-15)27-11-10-23/h4-9,12-13H,11H2,1-3H3. The predicted molar refractivity (Wildman–Crippen MR) is 107 cm³/mol. The fourth-order valence-electron chi connectivity index (χ4n) is 3.66. The average Bonchev–Trinajstić information content (AvgIpc) is 2.95. The lowest BCUT2D eigenvalue weighted by Gasteiger charge is -2.09. The van der Waals surface area contributed by atoms with Crippen LogP contribution in [0.3, 0.4) is 0 Å². The summed E-state index contributed by atoms with van der Waals surface area (Å²) in [5, 5.41) is 10.8. The summed E-state index contributed by atoms with van der Waals surface area (Å²) in [6.07, 6.45) is 0. The van der Waals surface area contributed by atoms with Crippen molar-refractivity contribution >= 4 is 21.9 Å². The number of aryl methyl sites for hydroxylation is 3. The largest absolute Gasteiger partial charge is 0.479 e. The van der Waals surface area contributed by atoms with E-state index in [1.54, 1.807) is 16.7 Å². The van der Waals surface area contributed by atoms with Gasteiger partial charge in [-0.2, -0.15) is 5.26 Å². The van der Waals surface area contributed by atoms with Crippen molar-refractivity contribution in [2.75, 3.05) is 6.61 Å². The zero-order valence-electron chi connectivity index (χ0n) is 15.5. The molecule has 2 heterocycles. The van der Waals surface area contributed by atoms with Crippen molar-refractivity contribution in [2.24, 2.45) is 14.1 Å². The van der Waals surface area contributed by atoms with Crippen LogP contribution >= 0.6 is 0 Å². The summed E-state index contributed by atoms with van der Waals surface area (Å²) in [6, 6.07) is 17.5. The van der Waals surface area contributed by atoms with Gasteiger partial charge in [-0.3, -0.25) is 9.36 Å². The number of ether oxygens (including phenoxy) is 1. The summed E-state index contributed by atoms with van der Waals surface area (Å²) in [7, 11) is 3.80. The number of hydrogen-bond donors (Lipinski definition) is 0. The minimum atomic E-state index is -0.0455. The lowest BCUT2D eigenvalue weighted by molar-refractivity contribution is 0.368. The number of pyridine rings is 1. The number of benzene rings is 2. The maximum absolute atomic E-state index is 13.0. The van der Waals surface area contributed by atoms with E-state index < -0.39 is 0 Å². The van der Waals surface area contributed by atoms with E-state index in [4.69, 9.17) is 10.00 Å². The van der Waals surface area contributed by atoms with E-state index in [0.29, 0.717) is 11.3 Å². The summed E-state index contributed by atoms with van der Waals surface area (Å²) in [4.78, 5) is 13.0. The van der Waals surface area contributed by atoms with Crippen LogP contribution in [0.1, 0.15) is 5.56 Å². The van der Waals surface area contributed by atoms with Crippen LogP contribution in [-0.4, -0.2) is 15.7 Å². The molecule has 0 unspecified atom stereocenters. The van der Waals surface area contributed by atoms with Gasteiger partial charge in [0.25, 0.3) is 5.56 Å². The van der Waals surface area contributed by atoms with Crippen molar-refractivity contribution in [1.82, 2.24) is 9.13 Å². The van der Waals surface area contributed by atoms with E-state index in [9.17, 15) is 4.79 Å². The predicted octanol–water partition coefficient (Wildman–Crippen LogP) is 3.91. The summed E-state index contributed by atoms with van der Waals surface area (Å²) >= 11 is 0. The van der Waals surface area contributed by atoms with E-state index in [-0.39, 0.29) is 12.2 Å². The van der Waals surface area contributed by atoms with Gasteiger partial charge >= 0.3 is 0 Å². The third-order valence-electron chi connectivity index (χ3n) is 4.97. The quantitative estimate of drug-likeness (QED) is 0.558. The molecule has 4 aromatic rings. The summed E-state index contributed by atoms with van der Waals surface area (Å²) < 4.78 is 9.07. The van der Waals surface area contributed by atoms with Gasteiger partial charge in [-0.25, -0.2) is 0 Å². The summed E-state index contributed by atoms with van der Waals surface area (Å²) in [6.45, 7) is 2.07. The van der Waals surface area contributed by atoms with Crippen molar-refractivity contribution in [1.29, 1.82) is 5.26 Å². The molecule has 2 aromatic heterocycles. The topological polar surface area (TPSA) is 59.9 Å². The molecule has 0 spiro atoms. The molecule has 27 heavy (non-hydrogen) atoms. The molecule has 5 heteroatoms. The van der Waals surface area contributed by atoms with Crippen LogP contribution < -0.4 is 10.3 Å². The number of fused-ring (bicyclic) bond motifs is 3. The minimum Gasteiger partial charge on any atom is -0.479 e. The molecule has 2 aromatic carbocycles. The Morgan fingerprint density at radius 1 is 1.00 bits per heavy atom. The first-order valence-corrected chi connectivity index (χ1v) is 8.70. The summed E-state index contributed by atoms with van der Waals surface area (Å²) in [5.74, 6) is 0.610. The van der Waals surface area contributed by atoms with Gasteiger partial charge in [-0.15, -0.1) is 0 Å². The number of rotatable bonds is 3. The maximum Gasteiger partial charge on any atom is 0.259 e. The first kappa shape index (κ1) is 16.9. The van der Waals surface area contributed by atoms with Gasteiger partial charge in [-0.05, 0) is 42.8 Å². The number of aromatic nitrogens is 2. The van der Waals surface area contributed by atoms with Crippen molar-refractivity contribution in [2.45, 2.75) is 6.92 Å². The Labute approximate surface area is 156 Å². The van der Waals surface area contributed by atoms with Crippen LogP contribution in [0, 0.1) is 18.3 Å². The molecule has 0 amide bonds. The molecule has 0 atom stereocenters. The van der Waals surface area contributed by atoms with Crippen molar-refractivity contribution < 1.29 is 4.74 Å². The average molecular weight is 357 g/mol. The van der Waals surface area contributed by atoms with Gasteiger partial charge in [0, 0.05) is 30.4 Å². The van der Waals surface area contributed by atoms with E-state index >= 15 is 0 Å². The highest BCUT2D eigenvalue weighted by molar-refractivity contribution is 6.08. The SMILES string of the molecule is Cc1ccc2c(c1)c1cc(-c3ccc(OCC#N)cc3)c(=O)n(C)c1n2C. The van der Waals surface area contributed by atoms with Crippen molar-refractivity contribution in [3.05, 3.63) is 64.4 Å². The van der Waals surface area contributed by atoms with Gasteiger partial charge < -0.3 is 9.30 Å². The zero-order valence-corrected chi connectivity index (χ0v) is 15.5. The minimum absolute atomic E-state index is 0.00241. The van der Waals surface area contributed by atoms with E-state index in [1.807, 2.05) is 38.4 Å². The zero-order chi connectivity index (χ0) is 19.1. The van der Waals surface area contributed by atoms with E-state index in [2.05, 4.69) is 29.7 Å². The molecule has 5 nitrogen and oxygen atoms in total. The molecule has 0 bridgehead atoms. The molecule has 0 aliphatic carbocycles. The Hall–Kier alpha value is -3.52. The Morgan fingerprint density at radius 3 is 2.44 bits per heavy atom. The van der Waals surface area contributed by atoms with Crippen LogP contribution in [-0.2, 0) is 14.1 Å². The van der Waals surface area contributed by atoms with Gasteiger partial charge in [0.15, 0.2) is 6.61 Å². The Kier molecular flexibility index (Phi) is 3.97. The Balaban J connectivity index is 1.95. The second-order valence-electron chi connectivity index (χ2n) is 6.71. The van der Waals surface area contributed by atoms with Crippen molar-refractivity contribution in [3.8, 4) is 22.9 Å². The highest BCUT2D eigenvalue weighted by Crippen LogP contribution is 2.31. The monoisotopic (exact) mass is 357 g/mol. The molecule has 134 valence electrons. The van der Waals surface area contributed by atoms with Crippen LogP contribution in [0.15, 0.2) is 53.3 Å². The second kappa shape index (κ2) is 6.33. The van der Waals surface area contributed by atoms with Crippen LogP contribution in [0.25, 0.3) is 33.1 Å². The van der Waals surface area contributed by atoms with Crippen LogP contribution in [0.4, 0.5) is 0 Å². The third kappa shape index (κ3) is 2.67. The number of nitrogens with zero attached hydrogens (tertiary/aromatic N) is 3. The number of hydrogen-bond acceptors (Lipinski definition) is 3. The molecular formula is C22H19N3O2. The van der Waals surface area contributed by atoms with Crippen LogP contribution in [0.2, 0.25) is 0 Å². The Bertz CT molecular complexity index is 1270. The highest BCUT2D eigenvalue weighted by atomic mass is 16.5. The van der Waals surface area contributed by atoms with Gasteiger partial charge in [-0.1, -0.05) is 23.8 Å². The normalized spacial score (nSPS) is 11.0. The molecule has 0 aliphatic heterocycles. The van der Waals surface area contributed by atoms with Crippen molar-refractivity contribution in [3.63, 3.8) is 0 Å². The molecule has 0 aliphatic rings. The molecule has 0 saturated heterocycles. The maximum atomic E-state index is 13.0. The van der Waals surface area contributed by atoms with E-state index in [1.165, 1.54) is 5.56 Å². The highest BCUT2D eigenvalue weighted by Gasteiger charge is 2.15. The molecule has 0 radical (unpaired) electrons. The van der Waals surface area contributed by atoms with Gasteiger partial charge in [0.1, 0.15) is 17.5 Å². The Morgan fingerprint density at radius 2 is 1.74 bits per heavy atom. The molecule has 0 fully saturated rings. The fourth-order valence-corrected chi connectivity index (χ4v) is 3.66. The second-order valence-corrected chi connectivity index (χ2v) is 6.71. The third-order valence-corrected chi connectivity index (χ3v) is 4.97. The first-order valence-electron chi connectivity index (χ1n) is 8.70. The lowest BCUT2D eigenvalue weighted by Crippen LogP contribution is -2.20. The fraction of sp³-hybridized carbons (Fsp3) is 0.182. The van der Waals surface area contributed by atoms with Crippen LogP contribution in [0.5, 0.6) is 5.75 Å². The molecular weight excluding hydrogens is 338 g/mol. The van der Waals surface area contributed by atoms with Gasteiger partial charge in [0.05, 0.1) is 5.52 Å². The summed E-state index contributed by atoms with van der Waals surface area (Å²) in [5.41, 5.74) is 4.61. The molecule has 4 rings (SSSR count). The first-order chi connectivity index (χ1) is 13.0. The van der Waals surface area contributed by atoms with E-state index in [0.717, 1.165) is 27.5 Å². The molecule has 0 N–H and O–H groups in total. The smallest absolute Gasteiger partial charge is 0.259 e. The lowest BCUT2D eigenvalue weighted by atomic mass is 10.0.